The highest BCUT2D eigenvalue weighted by atomic mass is 16.5. The Labute approximate surface area is 206 Å². The van der Waals surface area contributed by atoms with Crippen molar-refractivity contribution in [2.45, 2.75) is 13.3 Å². The molecule has 4 aromatic rings. The third-order valence-corrected chi connectivity index (χ3v) is 6.01. The summed E-state index contributed by atoms with van der Waals surface area (Å²) in [6, 6.07) is 11.7. The summed E-state index contributed by atoms with van der Waals surface area (Å²) in [4.78, 5) is 15.6. The first-order chi connectivity index (χ1) is 17.2. The lowest BCUT2D eigenvalue weighted by Gasteiger charge is -2.28. The number of aromatic amines is 1. The average molecular weight is 462 g/mol. The van der Waals surface area contributed by atoms with Gasteiger partial charge in [-0.15, -0.1) is 0 Å². The standard InChI is InChI=1S/C27H27BN6O/c1-3-5-6-8-19(4-2)23-18-24-25(29-23)26(33-13-15-35-16-14-33)31-27(30-24)34-12-11-22(32-34)20-9-7-10-21(28)17-20/h3,5-12,17-18,29H,1,4,13-16H2,2H3/b6-5-,19-8+. The number of morpholine rings is 1. The molecule has 35 heavy (non-hydrogen) atoms. The highest BCUT2D eigenvalue weighted by molar-refractivity contribution is 6.32. The van der Waals surface area contributed by atoms with Crippen LogP contribution in [0, 0.1) is 0 Å². The largest absolute Gasteiger partial charge is 0.378 e. The van der Waals surface area contributed by atoms with E-state index in [0.717, 1.165) is 53.3 Å². The SMILES string of the molecule is [B]c1cccc(-c2ccn(-c3nc(N4CCOCC4)c4[nH]c(/C(=C/C=C\C=C)CC)cc4n3)n2)c1. The van der Waals surface area contributed by atoms with E-state index in [9.17, 15) is 0 Å². The third-order valence-electron chi connectivity index (χ3n) is 6.01. The van der Waals surface area contributed by atoms with E-state index in [4.69, 9.17) is 27.6 Å². The molecule has 8 heteroatoms. The molecular formula is C27H27BN6O. The number of aromatic nitrogens is 5. The number of benzene rings is 1. The van der Waals surface area contributed by atoms with Crippen LogP contribution >= 0.6 is 0 Å². The monoisotopic (exact) mass is 462 g/mol. The smallest absolute Gasteiger partial charge is 0.253 e. The Morgan fingerprint density at radius 3 is 2.80 bits per heavy atom. The van der Waals surface area contributed by atoms with Crippen molar-refractivity contribution in [1.82, 2.24) is 24.7 Å². The Kier molecular flexibility index (Phi) is 6.63. The van der Waals surface area contributed by atoms with E-state index in [2.05, 4.69) is 35.5 Å². The Morgan fingerprint density at radius 1 is 1.17 bits per heavy atom. The molecule has 3 aromatic heterocycles. The normalized spacial score (nSPS) is 14.8. The zero-order valence-electron chi connectivity index (χ0n) is 19.8. The van der Waals surface area contributed by atoms with Crippen molar-refractivity contribution in [3.63, 3.8) is 0 Å². The number of hydrogen-bond acceptors (Lipinski definition) is 5. The molecule has 5 rings (SSSR count). The second-order valence-corrected chi connectivity index (χ2v) is 8.33. The number of ether oxygens (including phenoxy) is 1. The quantitative estimate of drug-likeness (QED) is 0.332. The van der Waals surface area contributed by atoms with Crippen LogP contribution in [-0.4, -0.2) is 58.9 Å². The zero-order valence-corrected chi connectivity index (χ0v) is 19.8. The van der Waals surface area contributed by atoms with E-state index >= 15 is 0 Å². The van der Waals surface area contributed by atoms with Crippen LogP contribution in [0.2, 0.25) is 0 Å². The van der Waals surface area contributed by atoms with E-state index < -0.39 is 0 Å². The molecule has 2 radical (unpaired) electrons. The predicted molar refractivity (Wildman–Crippen MR) is 142 cm³/mol. The van der Waals surface area contributed by atoms with E-state index in [-0.39, 0.29) is 0 Å². The maximum Gasteiger partial charge on any atom is 0.253 e. The fraction of sp³-hybridized carbons (Fsp3) is 0.222. The number of anilines is 1. The fourth-order valence-corrected chi connectivity index (χ4v) is 4.20. The van der Waals surface area contributed by atoms with Crippen molar-refractivity contribution < 1.29 is 4.74 Å². The summed E-state index contributed by atoms with van der Waals surface area (Å²) < 4.78 is 7.30. The van der Waals surface area contributed by atoms with Crippen LogP contribution in [0.5, 0.6) is 0 Å². The predicted octanol–water partition coefficient (Wildman–Crippen LogP) is 3.98. The molecule has 0 saturated carbocycles. The van der Waals surface area contributed by atoms with Crippen molar-refractivity contribution in [3.8, 4) is 17.2 Å². The van der Waals surface area contributed by atoms with Gasteiger partial charge >= 0.3 is 0 Å². The molecule has 1 fully saturated rings. The van der Waals surface area contributed by atoms with E-state index in [1.54, 1.807) is 10.8 Å². The Balaban J connectivity index is 1.60. The van der Waals surface area contributed by atoms with Crippen LogP contribution < -0.4 is 10.4 Å². The van der Waals surface area contributed by atoms with Crippen LogP contribution in [0.15, 0.2) is 73.5 Å². The van der Waals surface area contributed by atoms with Gasteiger partial charge in [0.2, 0.25) is 0 Å². The van der Waals surface area contributed by atoms with Gasteiger partial charge in [0.15, 0.2) is 5.82 Å². The first kappa shape index (κ1) is 22.9. The van der Waals surface area contributed by atoms with Gasteiger partial charge in [0, 0.05) is 30.5 Å². The molecule has 1 aliphatic rings. The summed E-state index contributed by atoms with van der Waals surface area (Å²) in [7, 11) is 5.96. The first-order valence-corrected chi connectivity index (χ1v) is 11.8. The molecule has 1 N–H and O–H groups in total. The Morgan fingerprint density at radius 2 is 2.03 bits per heavy atom. The maximum absolute atomic E-state index is 5.96. The molecule has 0 unspecified atom stereocenters. The summed E-state index contributed by atoms with van der Waals surface area (Å²) in [5.74, 6) is 1.38. The molecule has 174 valence electrons. The molecule has 0 atom stereocenters. The van der Waals surface area contributed by atoms with E-state index in [0.29, 0.717) is 24.6 Å². The molecule has 0 bridgehead atoms. The maximum atomic E-state index is 5.96. The number of nitrogens with one attached hydrogen (secondary N) is 1. The molecule has 4 heterocycles. The van der Waals surface area contributed by atoms with E-state index in [1.165, 1.54) is 5.57 Å². The summed E-state index contributed by atoms with van der Waals surface area (Å²) in [6.07, 6.45) is 10.5. The highest BCUT2D eigenvalue weighted by Crippen LogP contribution is 2.29. The molecule has 1 aromatic carbocycles. The van der Waals surface area contributed by atoms with Crippen molar-refractivity contribution in [2.75, 3.05) is 31.2 Å². The minimum absolute atomic E-state index is 0.522. The molecule has 1 aliphatic heterocycles. The summed E-state index contributed by atoms with van der Waals surface area (Å²) in [5.41, 5.74) is 6.44. The van der Waals surface area contributed by atoms with Crippen molar-refractivity contribution >= 4 is 35.7 Å². The minimum atomic E-state index is 0.522. The third kappa shape index (κ3) is 4.83. The van der Waals surface area contributed by atoms with E-state index in [1.807, 2.05) is 48.7 Å². The number of rotatable bonds is 7. The van der Waals surface area contributed by atoms with Gasteiger partial charge in [0.25, 0.3) is 5.95 Å². The fourth-order valence-electron chi connectivity index (χ4n) is 4.20. The van der Waals surface area contributed by atoms with Crippen molar-refractivity contribution in [2.24, 2.45) is 0 Å². The van der Waals surface area contributed by atoms with Crippen molar-refractivity contribution in [1.29, 1.82) is 0 Å². The van der Waals surface area contributed by atoms with Gasteiger partial charge in [-0.3, -0.25) is 0 Å². The Hall–Kier alpha value is -3.91. The summed E-state index contributed by atoms with van der Waals surface area (Å²) in [5, 5.41) is 4.75. The minimum Gasteiger partial charge on any atom is -0.378 e. The Bertz CT molecular complexity index is 1410. The number of hydrogen-bond donors (Lipinski definition) is 1. The lowest BCUT2D eigenvalue weighted by molar-refractivity contribution is 0.122. The van der Waals surface area contributed by atoms with Crippen LogP contribution in [0.25, 0.3) is 33.8 Å². The molecule has 0 aliphatic carbocycles. The van der Waals surface area contributed by atoms with Gasteiger partial charge in [0.1, 0.15) is 13.4 Å². The highest BCUT2D eigenvalue weighted by Gasteiger charge is 2.21. The average Bonchev–Trinajstić information content (AvgIpc) is 3.54. The molecule has 0 amide bonds. The van der Waals surface area contributed by atoms with Gasteiger partial charge in [-0.05, 0) is 24.1 Å². The number of H-pyrrole nitrogens is 1. The van der Waals surface area contributed by atoms with Gasteiger partial charge in [-0.1, -0.05) is 67.5 Å². The zero-order chi connectivity index (χ0) is 24.2. The first-order valence-electron chi connectivity index (χ1n) is 11.8. The molecule has 0 spiro atoms. The number of allylic oxidation sites excluding steroid dienone is 5. The van der Waals surface area contributed by atoms with Crippen LogP contribution in [0.1, 0.15) is 19.0 Å². The van der Waals surface area contributed by atoms with Crippen molar-refractivity contribution in [3.05, 3.63) is 79.2 Å². The second-order valence-electron chi connectivity index (χ2n) is 8.33. The number of fused-ring (bicyclic) bond motifs is 1. The number of nitrogens with zero attached hydrogens (tertiary/aromatic N) is 5. The van der Waals surface area contributed by atoms with Crippen LogP contribution in [0.4, 0.5) is 5.82 Å². The summed E-state index contributed by atoms with van der Waals surface area (Å²) in [6.45, 7) is 8.76. The molecule has 1 saturated heterocycles. The van der Waals surface area contributed by atoms with Crippen LogP contribution in [-0.2, 0) is 4.74 Å². The summed E-state index contributed by atoms with van der Waals surface area (Å²) >= 11 is 0. The molecular weight excluding hydrogens is 435 g/mol. The van der Waals surface area contributed by atoms with Gasteiger partial charge in [-0.25, -0.2) is 9.67 Å². The van der Waals surface area contributed by atoms with Crippen LogP contribution in [0.3, 0.4) is 0 Å². The second kappa shape index (κ2) is 10.2. The van der Waals surface area contributed by atoms with Gasteiger partial charge < -0.3 is 14.6 Å². The van der Waals surface area contributed by atoms with Gasteiger partial charge in [0.05, 0.1) is 24.4 Å². The lowest BCUT2D eigenvalue weighted by atomic mass is 9.94. The lowest BCUT2D eigenvalue weighted by Crippen LogP contribution is -2.37. The van der Waals surface area contributed by atoms with Gasteiger partial charge in [-0.2, -0.15) is 10.1 Å². The molecule has 7 nitrogen and oxygen atoms in total. The topological polar surface area (TPSA) is 71.9 Å².